The first-order chi connectivity index (χ1) is 23.4. The van der Waals surface area contributed by atoms with Gasteiger partial charge in [0.05, 0.1) is 18.8 Å². The lowest BCUT2D eigenvalue weighted by Gasteiger charge is -2.36. The Bertz CT molecular complexity index is 1610. The molecule has 0 radical (unpaired) electrons. The van der Waals surface area contributed by atoms with Gasteiger partial charge < -0.3 is 24.5 Å². The maximum atomic E-state index is 12.5. The molecule has 5 rings (SSSR count). The highest BCUT2D eigenvalue weighted by molar-refractivity contribution is 7.99. The van der Waals surface area contributed by atoms with E-state index in [1.165, 1.54) is 0 Å². The Balaban J connectivity index is 1.21. The van der Waals surface area contributed by atoms with Crippen molar-refractivity contribution in [3.63, 3.8) is 0 Å². The summed E-state index contributed by atoms with van der Waals surface area (Å²) in [5.74, 6) is 0.347. The van der Waals surface area contributed by atoms with Crippen molar-refractivity contribution in [2.45, 2.75) is 81.8 Å². The third-order valence-corrected chi connectivity index (χ3v) is 9.65. The van der Waals surface area contributed by atoms with Crippen LogP contribution >= 0.6 is 11.8 Å². The molecule has 1 saturated heterocycles. The van der Waals surface area contributed by atoms with Crippen molar-refractivity contribution in [2.75, 3.05) is 5.75 Å². The minimum Gasteiger partial charge on any atom is -0.392 e. The number of thioether (sulfide) groups is 1. The zero-order valence-corrected chi connectivity index (χ0v) is 28.0. The first kappa shape index (κ1) is 35.3. The van der Waals surface area contributed by atoms with Crippen LogP contribution in [0.5, 0.6) is 0 Å². The van der Waals surface area contributed by atoms with E-state index in [1.807, 2.05) is 72.4 Å². The first-order valence-corrected chi connectivity index (χ1v) is 17.4. The van der Waals surface area contributed by atoms with Gasteiger partial charge in [0.1, 0.15) is 0 Å². The molecule has 0 saturated carbocycles. The lowest BCUT2D eigenvalue weighted by atomic mass is 9.97. The number of ether oxygens (including phenoxy) is 2. The number of unbranched alkanes of at least 4 members (excludes halogenated alkanes) is 3. The van der Waals surface area contributed by atoms with Crippen molar-refractivity contribution in [2.24, 2.45) is 7.05 Å². The predicted octanol–water partition coefficient (Wildman–Crippen LogP) is 6.38. The topological polar surface area (TPSA) is 135 Å². The average molecular weight is 673 g/mol. The highest BCUT2D eigenvalue weighted by Gasteiger charge is 2.32. The van der Waals surface area contributed by atoms with Gasteiger partial charge in [0.2, 0.25) is 11.8 Å². The van der Waals surface area contributed by atoms with Crippen LogP contribution < -0.4 is 10.8 Å². The maximum absolute atomic E-state index is 12.5. The molecule has 3 atom stereocenters. The number of rotatable bonds is 16. The number of benzene rings is 3. The zero-order valence-electron chi connectivity index (χ0n) is 27.2. The van der Waals surface area contributed by atoms with Gasteiger partial charge >= 0.3 is 0 Å². The van der Waals surface area contributed by atoms with Crippen molar-refractivity contribution in [1.82, 2.24) is 20.3 Å². The number of carbonyl (C=O) groups is 2. The molecule has 1 aromatic heterocycles. The third kappa shape index (κ3) is 10.0. The van der Waals surface area contributed by atoms with E-state index in [1.54, 1.807) is 23.4 Å². The van der Waals surface area contributed by atoms with Gasteiger partial charge in [0, 0.05) is 56.6 Å². The van der Waals surface area contributed by atoms with Crippen molar-refractivity contribution in [1.29, 1.82) is 0 Å². The van der Waals surface area contributed by atoms with E-state index in [9.17, 15) is 14.7 Å². The number of aromatic nitrogens is 2. The number of hydroxylamine groups is 1. The fourth-order valence-corrected chi connectivity index (χ4v) is 6.67. The van der Waals surface area contributed by atoms with Gasteiger partial charge in [-0.25, -0.2) is 10.5 Å². The van der Waals surface area contributed by atoms with Crippen molar-refractivity contribution in [3.8, 4) is 11.1 Å². The summed E-state index contributed by atoms with van der Waals surface area (Å²) in [4.78, 5) is 28.1. The van der Waals surface area contributed by atoms with Crippen molar-refractivity contribution < 1.29 is 29.4 Å². The number of carbonyl (C=O) groups excluding carboxylic acids is 2. The van der Waals surface area contributed by atoms with Crippen LogP contribution in [0.15, 0.2) is 90.3 Å². The highest BCUT2D eigenvalue weighted by atomic mass is 32.2. The van der Waals surface area contributed by atoms with Crippen LogP contribution in [0.4, 0.5) is 0 Å². The molecule has 1 aliphatic heterocycles. The predicted molar refractivity (Wildman–Crippen MR) is 184 cm³/mol. The monoisotopic (exact) mass is 672 g/mol. The summed E-state index contributed by atoms with van der Waals surface area (Å²) in [6, 6.07) is 24.2. The average Bonchev–Trinajstić information content (AvgIpc) is 3.55. The SMILES string of the molecule is Cn1ccnc1SCC1CC(c2ccc(CO)cc2)OC(c2ccc(-c3ccccc3CNC(=O)CCCCCCC(=O)NO)cc2)O1. The summed E-state index contributed by atoms with van der Waals surface area (Å²) in [6.45, 7) is 0.424. The first-order valence-electron chi connectivity index (χ1n) is 16.4. The van der Waals surface area contributed by atoms with E-state index in [0.29, 0.717) is 25.8 Å². The van der Waals surface area contributed by atoms with Gasteiger partial charge in [-0.05, 0) is 40.7 Å². The molecule has 0 aliphatic carbocycles. The minimum atomic E-state index is -0.552. The summed E-state index contributed by atoms with van der Waals surface area (Å²) in [5.41, 5.74) is 7.57. The molecule has 48 heavy (non-hydrogen) atoms. The molecule has 3 unspecified atom stereocenters. The van der Waals surface area contributed by atoms with Gasteiger partial charge in [-0.3, -0.25) is 14.8 Å². The van der Waals surface area contributed by atoms with Gasteiger partial charge in [0.15, 0.2) is 11.4 Å². The fourth-order valence-electron chi connectivity index (χ4n) is 5.72. The number of aliphatic hydroxyl groups is 1. The van der Waals surface area contributed by atoms with Crippen LogP contribution in [0.1, 0.15) is 79.6 Å². The molecule has 4 aromatic rings. The largest absolute Gasteiger partial charge is 0.392 e. The Hall–Kier alpha value is -4.00. The van der Waals surface area contributed by atoms with E-state index in [4.69, 9.17) is 14.7 Å². The van der Waals surface area contributed by atoms with Gasteiger partial charge in [-0.15, -0.1) is 0 Å². The highest BCUT2D eigenvalue weighted by Crippen LogP contribution is 2.40. The molecule has 2 heterocycles. The number of aliphatic hydroxyl groups excluding tert-OH is 1. The van der Waals surface area contributed by atoms with Crippen LogP contribution in [-0.4, -0.2) is 43.5 Å². The fraction of sp³-hybridized carbons (Fsp3) is 0.378. The lowest BCUT2D eigenvalue weighted by Crippen LogP contribution is -2.31. The number of hydrogen-bond acceptors (Lipinski definition) is 8. The quantitative estimate of drug-likeness (QED) is 0.0466. The maximum Gasteiger partial charge on any atom is 0.243 e. The Morgan fingerprint density at radius 1 is 0.917 bits per heavy atom. The molecular weight excluding hydrogens is 628 g/mol. The molecule has 0 spiro atoms. The van der Waals surface area contributed by atoms with Crippen LogP contribution in [0, 0.1) is 0 Å². The second kappa shape index (κ2) is 18.0. The number of nitrogens with one attached hydrogen (secondary N) is 2. The van der Waals surface area contributed by atoms with Gasteiger partial charge in [0.25, 0.3) is 0 Å². The number of aryl methyl sites for hydroxylation is 1. The summed E-state index contributed by atoms with van der Waals surface area (Å²) >= 11 is 1.66. The molecule has 11 heteroatoms. The number of hydrogen-bond donors (Lipinski definition) is 4. The van der Waals surface area contributed by atoms with E-state index >= 15 is 0 Å². The van der Waals surface area contributed by atoms with Crippen LogP contribution in [0.2, 0.25) is 0 Å². The minimum absolute atomic E-state index is 0.00116. The smallest absolute Gasteiger partial charge is 0.243 e. The summed E-state index contributed by atoms with van der Waals surface area (Å²) in [5, 5.41) is 22.1. The molecule has 4 N–H and O–H groups in total. The summed E-state index contributed by atoms with van der Waals surface area (Å²) in [7, 11) is 1.98. The van der Waals surface area contributed by atoms with E-state index in [0.717, 1.165) is 63.6 Å². The second-order valence-corrected chi connectivity index (χ2v) is 13.0. The lowest BCUT2D eigenvalue weighted by molar-refractivity contribution is -0.245. The Morgan fingerprint density at radius 2 is 1.62 bits per heavy atom. The van der Waals surface area contributed by atoms with E-state index in [2.05, 4.69) is 28.5 Å². The Morgan fingerprint density at radius 3 is 2.31 bits per heavy atom. The normalized spacial score (nSPS) is 17.6. The Labute approximate surface area is 285 Å². The van der Waals surface area contributed by atoms with Crippen LogP contribution in [-0.2, 0) is 39.3 Å². The molecule has 254 valence electrons. The number of amides is 2. The molecule has 10 nitrogen and oxygen atoms in total. The molecular formula is C37H44N4O6S. The zero-order chi connectivity index (χ0) is 33.7. The van der Waals surface area contributed by atoms with E-state index in [-0.39, 0.29) is 37.0 Å². The van der Waals surface area contributed by atoms with E-state index < -0.39 is 6.29 Å². The molecule has 2 amide bonds. The second-order valence-electron chi connectivity index (χ2n) is 12.0. The summed E-state index contributed by atoms with van der Waals surface area (Å²) in [6.07, 6.45) is 7.48. The van der Waals surface area contributed by atoms with Gasteiger partial charge in [-0.2, -0.15) is 0 Å². The third-order valence-electron chi connectivity index (χ3n) is 8.46. The van der Waals surface area contributed by atoms with Crippen LogP contribution in [0.25, 0.3) is 11.1 Å². The number of imidazole rings is 1. The van der Waals surface area contributed by atoms with Crippen molar-refractivity contribution >= 4 is 23.6 Å². The molecule has 3 aromatic carbocycles. The van der Waals surface area contributed by atoms with Crippen molar-refractivity contribution in [3.05, 3.63) is 107 Å². The molecule has 1 fully saturated rings. The molecule has 1 aliphatic rings. The van der Waals surface area contributed by atoms with Crippen LogP contribution in [0.3, 0.4) is 0 Å². The van der Waals surface area contributed by atoms with Gasteiger partial charge in [-0.1, -0.05) is 97.4 Å². The standard InChI is InChI=1S/C37H44N4O6S/c1-41-21-20-38-37(41)48-25-31-22-33(28-14-12-26(24-42)13-15-28)47-36(46-31)29-18-16-27(17-19-29)32-9-7-6-8-30(32)23-39-34(43)10-4-2-3-5-11-35(44)40-45/h6-9,12-21,31,33,36,42,45H,2-5,10-11,22-25H2,1H3,(H,39,43)(H,40,44). The Kier molecular flexibility index (Phi) is 13.2. The molecule has 0 bridgehead atoms. The summed E-state index contributed by atoms with van der Waals surface area (Å²) < 4.78 is 15.1. The number of nitrogens with zero attached hydrogens (tertiary/aromatic N) is 2.